The first-order valence-corrected chi connectivity index (χ1v) is 11.1. The van der Waals surface area contributed by atoms with Crippen molar-refractivity contribution in [2.24, 2.45) is 0 Å². The lowest BCUT2D eigenvalue weighted by atomic mass is 10.2. The van der Waals surface area contributed by atoms with Crippen LogP contribution in [0.3, 0.4) is 0 Å². The first-order chi connectivity index (χ1) is 8.48. The van der Waals surface area contributed by atoms with Crippen LogP contribution in [0.2, 0.25) is 18.1 Å². The SMILES string of the molecule is CC1(C)O[C@H](CCBr)[C@@H](CO[Si](C)(C)C(C)(C)C)O1. The quantitative estimate of drug-likeness (QED) is 0.544. The first-order valence-electron chi connectivity index (χ1n) is 7.04. The normalized spacial score (nSPS) is 27.8. The standard InChI is InChI=1S/C14H29BrO3Si/c1-13(2,3)19(6,7)16-10-12-11(8-9-15)17-14(4,5)18-12/h11-12H,8-10H2,1-7H3/t11-,12-/m1/s1. The molecule has 1 rings (SSSR count). The first kappa shape index (κ1) is 17.6. The molecule has 0 radical (unpaired) electrons. The molecule has 1 saturated heterocycles. The average Bonchev–Trinajstić information content (AvgIpc) is 2.49. The molecule has 1 heterocycles. The monoisotopic (exact) mass is 352 g/mol. The summed E-state index contributed by atoms with van der Waals surface area (Å²) in [6.07, 6.45) is 1.12. The minimum absolute atomic E-state index is 0.0432. The van der Waals surface area contributed by atoms with E-state index in [0.717, 1.165) is 11.8 Å². The summed E-state index contributed by atoms with van der Waals surface area (Å²) in [5, 5.41) is 1.15. The van der Waals surface area contributed by atoms with Crippen LogP contribution in [0.15, 0.2) is 0 Å². The van der Waals surface area contributed by atoms with E-state index >= 15 is 0 Å². The van der Waals surface area contributed by atoms with Gasteiger partial charge in [-0.1, -0.05) is 36.7 Å². The molecule has 0 aromatic rings. The Labute approximate surface area is 127 Å². The second kappa shape index (κ2) is 6.14. The smallest absolute Gasteiger partial charge is 0.192 e. The van der Waals surface area contributed by atoms with E-state index in [0.29, 0.717) is 6.61 Å². The molecule has 5 heteroatoms. The van der Waals surface area contributed by atoms with Crippen LogP contribution >= 0.6 is 15.9 Å². The van der Waals surface area contributed by atoms with E-state index in [9.17, 15) is 0 Å². The Morgan fingerprint density at radius 3 is 2.16 bits per heavy atom. The fourth-order valence-electron chi connectivity index (χ4n) is 1.91. The van der Waals surface area contributed by atoms with Crippen LogP contribution < -0.4 is 0 Å². The summed E-state index contributed by atoms with van der Waals surface area (Å²) in [6, 6.07) is 0. The molecule has 0 saturated carbocycles. The summed E-state index contributed by atoms with van der Waals surface area (Å²) in [7, 11) is -1.72. The minimum atomic E-state index is -1.72. The van der Waals surface area contributed by atoms with Crippen molar-refractivity contribution in [3.8, 4) is 0 Å². The van der Waals surface area contributed by atoms with Crippen molar-refractivity contribution in [3.63, 3.8) is 0 Å². The van der Waals surface area contributed by atoms with Crippen LogP contribution in [0.1, 0.15) is 41.0 Å². The zero-order valence-corrected chi connectivity index (χ0v) is 16.0. The molecule has 1 aliphatic rings. The molecular weight excluding hydrogens is 324 g/mol. The molecule has 0 aliphatic carbocycles. The molecule has 0 bridgehead atoms. The Hall–Kier alpha value is 0.577. The van der Waals surface area contributed by atoms with Crippen molar-refractivity contribution in [1.29, 1.82) is 0 Å². The molecule has 0 aromatic carbocycles. The highest BCUT2D eigenvalue weighted by atomic mass is 79.9. The number of ether oxygens (including phenoxy) is 2. The van der Waals surface area contributed by atoms with Gasteiger partial charge >= 0.3 is 0 Å². The lowest BCUT2D eigenvalue weighted by Crippen LogP contribution is -2.44. The van der Waals surface area contributed by atoms with E-state index in [1.165, 1.54) is 0 Å². The van der Waals surface area contributed by atoms with Gasteiger partial charge in [0.25, 0.3) is 0 Å². The molecule has 0 spiro atoms. The number of hydrogen-bond donors (Lipinski definition) is 0. The Kier molecular flexibility index (Phi) is 5.70. The van der Waals surface area contributed by atoms with E-state index in [1.54, 1.807) is 0 Å². The van der Waals surface area contributed by atoms with E-state index in [4.69, 9.17) is 13.9 Å². The van der Waals surface area contributed by atoms with E-state index in [-0.39, 0.29) is 17.2 Å². The molecule has 1 aliphatic heterocycles. The second-order valence-electron chi connectivity index (χ2n) is 7.26. The summed E-state index contributed by atoms with van der Waals surface area (Å²) < 4.78 is 18.2. The number of rotatable bonds is 5. The predicted molar refractivity (Wildman–Crippen MR) is 85.4 cm³/mol. The Morgan fingerprint density at radius 2 is 1.68 bits per heavy atom. The van der Waals surface area contributed by atoms with Crippen LogP contribution in [0.5, 0.6) is 0 Å². The molecule has 0 aromatic heterocycles. The van der Waals surface area contributed by atoms with Gasteiger partial charge in [-0.05, 0) is 38.4 Å². The van der Waals surface area contributed by atoms with Crippen molar-refractivity contribution < 1.29 is 13.9 Å². The van der Waals surface area contributed by atoms with Gasteiger partial charge in [0, 0.05) is 5.33 Å². The van der Waals surface area contributed by atoms with Crippen LogP contribution in [-0.4, -0.2) is 38.2 Å². The van der Waals surface area contributed by atoms with Gasteiger partial charge in [-0.25, -0.2) is 0 Å². The van der Waals surface area contributed by atoms with E-state index < -0.39 is 14.1 Å². The maximum absolute atomic E-state index is 6.27. The third-order valence-electron chi connectivity index (χ3n) is 4.09. The van der Waals surface area contributed by atoms with Crippen molar-refractivity contribution in [2.45, 2.75) is 77.2 Å². The number of alkyl halides is 1. The predicted octanol–water partition coefficient (Wildman–Crippen LogP) is 4.31. The summed E-state index contributed by atoms with van der Waals surface area (Å²) in [4.78, 5) is 0. The molecular formula is C14H29BrO3Si. The van der Waals surface area contributed by atoms with Gasteiger partial charge in [-0.3, -0.25) is 0 Å². The maximum Gasteiger partial charge on any atom is 0.192 e. The average molecular weight is 353 g/mol. The summed E-state index contributed by atoms with van der Waals surface area (Å²) in [6.45, 7) is 15.9. The van der Waals surface area contributed by atoms with Crippen molar-refractivity contribution >= 4 is 24.2 Å². The lowest BCUT2D eigenvalue weighted by molar-refractivity contribution is -0.148. The molecule has 1 fully saturated rings. The Balaban J connectivity index is 2.61. The van der Waals surface area contributed by atoms with Crippen molar-refractivity contribution in [1.82, 2.24) is 0 Å². The highest BCUT2D eigenvalue weighted by molar-refractivity contribution is 9.09. The van der Waals surface area contributed by atoms with Gasteiger partial charge < -0.3 is 13.9 Å². The van der Waals surface area contributed by atoms with Crippen LogP contribution in [0.25, 0.3) is 0 Å². The second-order valence-corrected chi connectivity index (χ2v) is 12.9. The molecule has 114 valence electrons. The van der Waals surface area contributed by atoms with E-state index in [1.807, 2.05) is 13.8 Å². The van der Waals surface area contributed by atoms with Gasteiger partial charge in [0.1, 0.15) is 6.10 Å². The van der Waals surface area contributed by atoms with Crippen molar-refractivity contribution in [2.75, 3.05) is 11.9 Å². The van der Waals surface area contributed by atoms with Gasteiger partial charge in [0.05, 0.1) is 12.7 Å². The highest BCUT2D eigenvalue weighted by Gasteiger charge is 2.43. The topological polar surface area (TPSA) is 27.7 Å². The van der Waals surface area contributed by atoms with Gasteiger partial charge in [-0.15, -0.1) is 0 Å². The van der Waals surface area contributed by atoms with Gasteiger partial charge in [0.2, 0.25) is 0 Å². The van der Waals surface area contributed by atoms with Crippen molar-refractivity contribution in [3.05, 3.63) is 0 Å². The largest absolute Gasteiger partial charge is 0.414 e. The minimum Gasteiger partial charge on any atom is -0.414 e. The molecule has 3 nitrogen and oxygen atoms in total. The fourth-order valence-corrected chi connectivity index (χ4v) is 3.37. The molecule has 0 N–H and O–H groups in total. The molecule has 0 unspecified atom stereocenters. The lowest BCUT2D eigenvalue weighted by Gasteiger charge is -2.37. The molecule has 0 amide bonds. The summed E-state index contributed by atoms with van der Waals surface area (Å²) in [5.41, 5.74) is 0. The van der Waals surface area contributed by atoms with Crippen LogP contribution in [0, 0.1) is 0 Å². The molecule has 19 heavy (non-hydrogen) atoms. The highest BCUT2D eigenvalue weighted by Crippen LogP contribution is 2.38. The molecule has 2 atom stereocenters. The van der Waals surface area contributed by atoms with Gasteiger partial charge in [0.15, 0.2) is 14.1 Å². The van der Waals surface area contributed by atoms with Crippen LogP contribution in [-0.2, 0) is 13.9 Å². The maximum atomic E-state index is 6.27. The summed E-state index contributed by atoms with van der Waals surface area (Å²) >= 11 is 3.48. The van der Waals surface area contributed by atoms with Crippen LogP contribution in [0.4, 0.5) is 0 Å². The number of hydrogen-bond acceptors (Lipinski definition) is 3. The zero-order valence-electron chi connectivity index (χ0n) is 13.4. The Bertz CT molecular complexity index is 300. The third kappa shape index (κ3) is 4.81. The number of halogens is 1. The third-order valence-corrected chi connectivity index (χ3v) is 9.05. The van der Waals surface area contributed by atoms with Gasteiger partial charge in [-0.2, -0.15) is 0 Å². The Morgan fingerprint density at radius 1 is 1.16 bits per heavy atom. The van der Waals surface area contributed by atoms with E-state index in [2.05, 4.69) is 49.8 Å². The summed E-state index contributed by atoms with van der Waals surface area (Å²) in [5.74, 6) is -0.492. The zero-order chi connectivity index (χ0) is 14.9. The fraction of sp³-hybridized carbons (Fsp3) is 1.00.